The summed E-state index contributed by atoms with van der Waals surface area (Å²) < 4.78 is 5.77. The van der Waals surface area contributed by atoms with Crippen LogP contribution in [0, 0.1) is 0 Å². The van der Waals surface area contributed by atoms with Gasteiger partial charge in [0.25, 0.3) is 0 Å². The highest BCUT2D eigenvalue weighted by atomic mass is 16.5. The van der Waals surface area contributed by atoms with Crippen molar-refractivity contribution >= 4 is 0 Å². The highest BCUT2D eigenvalue weighted by Gasteiger charge is 2.26. The highest BCUT2D eigenvalue weighted by molar-refractivity contribution is 4.81. The number of likely N-dealkylation sites (N-methyl/N-ethyl adjacent to an activating group) is 1. The molecule has 0 radical (unpaired) electrons. The van der Waals surface area contributed by atoms with Gasteiger partial charge < -0.3 is 19.6 Å². The van der Waals surface area contributed by atoms with Gasteiger partial charge in [0.2, 0.25) is 0 Å². The molecule has 136 valence electrons. The van der Waals surface area contributed by atoms with Crippen molar-refractivity contribution in [2.45, 2.75) is 64.4 Å². The third-order valence-electron chi connectivity index (χ3n) is 5.18. The van der Waals surface area contributed by atoms with Gasteiger partial charge in [-0.05, 0) is 59.8 Å². The van der Waals surface area contributed by atoms with Crippen molar-refractivity contribution in [1.82, 2.24) is 14.7 Å². The lowest BCUT2D eigenvalue weighted by Gasteiger charge is -2.39. The van der Waals surface area contributed by atoms with Crippen LogP contribution in [0.25, 0.3) is 0 Å². The van der Waals surface area contributed by atoms with E-state index in [1.165, 1.54) is 38.9 Å². The summed E-state index contributed by atoms with van der Waals surface area (Å²) >= 11 is 0. The summed E-state index contributed by atoms with van der Waals surface area (Å²) in [5.74, 6) is 0. The molecule has 5 nitrogen and oxygen atoms in total. The first-order chi connectivity index (χ1) is 11.0. The van der Waals surface area contributed by atoms with Crippen LogP contribution >= 0.6 is 0 Å². The molecule has 0 aromatic rings. The van der Waals surface area contributed by atoms with Gasteiger partial charge in [-0.1, -0.05) is 6.92 Å². The average Bonchev–Trinajstić information content (AvgIpc) is 2.47. The number of hydrogen-bond acceptors (Lipinski definition) is 5. The lowest BCUT2D eigenvalue weighted by molar-refractivity contribution is -0.0784. The number of nitrogens with zero attached hydrogens (tertiary/aromatic N) is 3. The number of morpholine rings is 1. The first-order valence-electron chi connectivity index (χ1n) is 9.46. The molecule has 0 aromatic heterocycles. The van der Waals surface area contributed by atoms with Crippen LogP contribution in [0.5, 0.6) is 0 Å². The molecule has 0 aliphatic carbocycles. The van der Waals surface area contributed by atoms with Crippen LogP contribution in [-0.4, -0.2) is 97.0 Å². The molecule has 0 saturated carbocycles. The van der Waals surface area contributed by atoms with Gasteiger partial charge in [0, 0.05) is 32.2 Å². The Morgan fingerprint density at radius 2 is 1.74 bits per heavy atom. The van der Waals surface area contributed by atoms with Crippen molar-refractivity contribution in [3.63, 3.8) is 0 Å². The minimum atomic E-state index is -0.272. The van der Waals surface area contributed by atoms with Gasteiger partial charge in [-0.25, -0.2) is 0 Å². The molecule has 0 spiro atoms. The first kappa shape index (κ1) is 19.1. The van der Waals surface area contributed by atoms with Crippen molar-refractivity contribution < 1.29 is 9.84 Å². The SMILES string of the molecule is CCCN1CCC(N(C)CC(O)CN2CC(C)OC(C)C2)CC1. The zero-order valence-corrected chi connectivity index (χ0v) is 15.6. The third-order valence-corrected chi connectivity index (χ3v) is 5.18. The number of aliphatic hydroxyl groups is 1. The summed E-state index contributed by atoms with van der Waals surface area (Å²) in [6.45, 7) is 13.5. The van der Waals surface area contributed by atoms with Crippen molar-refractivity contribution in [1.29, 1.82) is 0 Å². The molecule has 23 heavy (non-hydrogen) atoms. The molecule has 3 unspecified atom stereocenters. The van der Waals surface area contributed by atoms with E-state index < -0.39 is 0 Å². The second-order valence-electron chi connectivity index (χ2n) is 7.64. The van der Waals surface area contributed by atoms with Gasteiger partial charge in [0.1, 0.15) is 0 Å². The van der Waals surface area contributed by atoms with E-state index >= 15 is 0 Å². The summed E-state index contributed by atoms with van der Waals surface area (Å²) in [4.78, 5) is 7.29. The molecule has 5 heteroatoms. The smallest absolute Gasteiger partial charge is 0.0793 e. The van der Waals surface area contributed by atoms with Crippen molar-refractivity contribution in [2.24, 2.45) is 0 Å². The predicted molar refractivity (Wildman–Crippen MR) is 94.8 cm³/mol. The van der Waals surface area contributed by atoms with E-state index in [0.29, 0.717) is 6.04 Å². The molecule has 2 rings (SSSR count). The second-order valence-corrected chi connectivity index (χ2v) is 7.64. The average molecular weight is 328 g/mol. The number of β-amino-alcohol motifs (C(OH)–C–C–N with tert-alkyl or cyclic N) is 1. The van der Waals surface area contributed by atoms with Gasteiger partial charge in [-0.2, -0.15) is 0 Å². The van der Waals surface area contributed by atoms with Crippen LogP contribution in [0.4, 0.5) is 0 Å². The van der Waals surface area contributed by atoms with E-state index in [1.54, 1.807) is 0 Å². The fourth-order valence-electron chi connectivity index (χ4n) is 4.17. The van der Waals surface area contributed by atoms with Gasteiger partial charge in [-0.15, -0.1) is 0 Å². The van der Waals surface area contributed by atoms with Crippen LogP contribution in [0.3, 0.4) is 0 Å². The number of likely N-dealkylation sites (tertiary alicyclic amines) is 1. The Morgan fingerprint density at radius 3 is 2.30 bits per heavy atom. The fraction of sp³-hybridized carbons (Fsp3) is 1.00. The standard InChI is InChI=1S/C18H37N3O2/c1-5-8-20-9-6-17(7-10-20)19(4)13-18(22)14-21-11-15(2)23-16(3)12-21/h15-18,22H,5-14H2,1-4H3. The Morgan fingerprint density at radius 1 is 1.13 bits per heavy atom. The molecule has 0 aromatic carbocycles. The maximum absolute atomic E-state index is 10.5. The summed E-state index contributed by atoms with van der Waals surface area (Å²) in [5.41, 5.74) is 0. The molecule has 0 amide bonds. The van der Waals surface area contributed by atoms with Gasteiger partial charge in [-0.3, -0.25) is 4.90 Å². The lowest BCUT2D eigenvalue weighted by atomic mass is 10.0. The maximum Gasteiger partial charge on any atom is 0.0793 e. The molecular formula is C18H37N3O2. The third kappa shape index (κ3) is 6.31. The normalized spacial score (nSPS) is 30.0. The molecule has 2 fully saturated rings. The minimum absolute atomic E-state index is 0.270. The topological polar surface area (TPSA) is 39.2 Å². The Hall–Kier alpha value is -0.200. The van der Waals surface area contributed by atoms with E-state index in [-0.39, 0.29) is 18.3 Å². The number of ether oxygens (including phenoxy) is 1. The van der Waals surface area contributed by atoms with Crippen LogP contribution in [-0.2, 0) is 4.74 Å². The van der Waals surface area contributed by atoms with Crippen molar-refractivity contribution in [3.8, 4) is 0 Å². The maximum atomic E-state index is 10.5. The van der Waals surface area contributed by atoms with E-state index in [1.807, 2.05) is 0 Å². The van der Waals surface area contributed by atoms with E-state index in [2.05, 4.69) is 42.5 Å². The number of piperidine rings is 1. The monoisotopic (exact) mass is 327 g/mol. The summed E-state index contributed by atoms with van der Waals surface area (Å²) in [6, 6.07) is 0.625. The van der Waals surface area contributed by atoms with Crippen LogP contribution in [0.15, 0.2) is 0 Å². The van der Waals surface area contributed by atoms with E-state index in [4.69, 9.17) is 4.74 Å². The van der Waals surface area contributed by atoms with E-state index in [9.17, 15) is 5.11 Å². The molecule has 2 aliphatic rings. The van der Waals surface area contributed by atoms with Crippen molar-refractivity contribution in [3.05, 3.63) is 0 Å². The molecule has 2 saturated heterocycles. The predicted octanol–water partition coefficient (Wildman–Crippen LogP) is 1.26. The first-order valence-corrected chi connectivity index (χ1v) is 9.46. The number of rotatable bonds is 7. The zero-order chi connectivity index (χ0) is 16.8. The number of aliphatic hydroxyl groups excluding tert-OH is 1. The quantitative estimate of drug-likeness (QED) is 0.762. The molecule has 1 N–H and O–H groups in total. The van der Waals surface area contributed by atoms with Crippen LogP contribution in [0.1, 0.15) is 40.0 Å². The zero-order valence-electron chi connectivity index (χ0n) is 15.6. The van der Waals surface area contributed by atoms with Gasteiger partial charge in [0.15, 0.2) is 0 Å². The molecule has 3 atom stereocenters. The van der Waals surface area contributed by atoms with Gasteiger partial charge in [0.05, 0.1) is 18.3 Å². The minimum Gasteiger partial charge on any atom is -0.390 e. The van der Waals surface area contributed by atoms with Crippen LogP contribution < -0.4 is 0 Å². The summed E-state index contributed by atoms with van der Waals surface area (Å²) in [6.07, 6.45) is 3.98. The summed E-state index contributed by atoms with van der Waals surface area (Å²) in [7, 11) is 2.17. The second kappa shape index (κ2) is 9.33. The van der Waals surface area contributed by atoms with Gasteiger partial charge >= 0.3 is 0 Å². The fourth-order valence-corrected chi connectivity index (χ4v) is 4.17. The molecule has 2 heterocycles. The Balaban J connectivity index is 1.69. The Bertz CT molecular complexity index is 324. The van der Waals surface area contributed by atoms with Crippen LogP contribution in [0.2, 0.25) is 0 Å². The van der Waals surface area contributed by atoms with E-state index in [0.717, 1.165) is 26.2 Å². The number of hydrogen-bond donors (Lipinski definition) is 1. The lowest BCUT2D eigenvalue weighted by Crippen LogP contribution is -2.51. The highest BCUT2D eigenvalue weighted by Crippen LogP contribution is 2.16. The molecule has 0 bridgehead atoms. The molecule has 2 aliphatic heterocycles. The Labute approximate surface area is 142 Å². The van der Waals surface area contributed by atoms with Crippen molar-refractivity contribution in [2.75, 3.05) is 52.9 Å². The summed E-state index contributed by atoms with van der Waals surface area (Å²) in [5, 5.41) is 10.5. The largest absolute Gasteiger partial charge is 0.390 e. The Kier molecular flexibility index (Phi) is 7.76. The molecular weight excluding hydrogens is 290 g/mol.